The third-order valence-electron chi connectivity index (χ3n) is 5.55. The van der Waals surface area contributed by atoms with Gasteiger partial charge in [-0.3, -0.25) is 4.90 Å². The summed E-state index contributed by atoms with van der Waals surface area (Å²) in [4.78, 5) is 4.08. The first kappa shape index (κ1) is 21.8. The van der Waals surface area contributed by atoms with Gasteiger partial charge in [0, 0.05) is 46.5 Å². The van der Waals surface area contributed by atoms with Crippen molar-refractivity contribution in [3.63, 3.8) is 0 Å². The molecule has 0 aromatic heterocycles. The van der Waals surface area contributed by atoms with Crippen LogP contribution in [0.1, 0.15) is 23.6 Å². The number of likely N-dealkylation sites (tertiary alicyclic amines) is 1. The van der Waals surface area contributed by atoms with E-state index in [4.69, 9.17) is 0 Å². The molecule has 0 spiro atoms. The van der Waals surface area contributed by atoms with Crippen molar-refractivity contribution in [2.75, 3.05) is 45.7 Å². The molecule has 3 rings (SSSR count). The van der Waals surface area contributed by atoms with Crippen LogP contribution < -0.4 is 4.90 Å². The molecule has 29 heavy (non-hydrogen) atoms. The number of benzene rings is 2. The van der Waals surface area contributed by atoms with Gasteiger partial charge in [-0.1, -0.05) is 48.5 Å². The van der Waals surface area contributed by atoms with Gasteiger partial charge in [0.05, 0.1) is 17.9 Å². The second-order valence-electron chi connectivity index (χ2n) is 7.92. The van der Waals surface area contributed by atoms with Crippen LogP contribution in [0, 0.1) is 0 Å². The molecule has 0 amide bonds. The maximum absolute atomic E-state index is 13.4. The molecule has 2 atom stereocenters. The van der Waals surface area contributed by atoms with E-state index in [9.17, 15) is 13.5 Å². The molecule has 6 nitrogen and oxygen atoms in total. The highest BCUT2D eigenvalue weighted by Gasteiger charge is 2.32. The Morgan fingerprint density at radius 1 is 1.07 bits per heavy atom. The highest BCUT2D eigenvalue weighted by Crippen LogP contribution is 2.28. The van der Waals surface area contributed by atoms with Crippen molar-refractivity contribution in [2.24, 2.45) is 0 Å². The molecule has 1 saturated heterocycles. The van der Waals surface area contributed by atoms with Gasteiger partial charge < -0.3 is 10.0 Å². The van der Waals surface area contributed by atoms with Gasteiger partial charge in [0.1, 0.15) is 0 Å². The molecule has 1 aliphatic heterocycles. The summed E-state index contributed by atoms with van der Waals surface area (Å²) in [5.74, 6) is -0.0518. The normalized spacial score (nSPS) is 18.9. The van der Waals surface area contributed by atoms with Crippen LogP contribution in [0.15, 0.2) is 54.6 Å². The average molecular weight is 418 g/mol. The Morgan fingerprint density at radius 2 is 1.72 bits per heavy atom. The van der Waals surface area contributed by atoms with Gasteiger partial charge in [0.15, 0.2) is 0 Å². The third-order valence-corrected chi connectivity index (χ3v) is 7.36. The van der Waals surface area contributed by atoms with Crippen LogP contribution in [0.5, 0.6) is 0 Å². The number of likely N-dealkylation sites (N-methyl/N-ethyl adjacent to an activating group) is 1. The number of para-hydroxylation sites is 1. The van der Waals surface area contributed by atoms with E-state index in [2.05, 4.69) is 4.90 Å². The van der Waals surface area contributed by atoms with Crippen molar-refractivity contribution in [3.8, 4) is 0 Å². The Bertz CT molecular complexity index is 903. The monoisotopic (exact) mass is 417 g/mol. The first-order valence-corrected chi connectivity index (χ1v) is 11.5. The van der Waals surface area contributed by atoms with Gasteiger partial charge in [0.25, 0.3) is 0 Å². The van der Waals surface area contributed by atoms with E-state index in [1.165, 1.54) is 4.31 Å². The number of anilines is 1. The highest BCUT2D eigenvalue weighted by atomic mass is 32.2. The minimum absolute atomic E-state index is 0.0518. The maximum Gasteiger partial charge on any atom is 0.218 e. The molecule has 1 fully saturated rings. The zero-order valence-corrected chi connectivity index (χ0v) is 18.2. The molecular formula is C22H31N3O3S. The second-order valence-corrected chi connectivity index (χ2v) is 9.95. The molecule has 0 bridgehead atoms. The van der Waals surface area contributed by atoms with Crippen molar-refractivity contribution >= 4 is 15.7 Å². The largest absolute Gasteiger partial charge is 0.392 e. The third kappa shape index (κ3) is 5.36. The lowest BCUT2D eigenvalue weighted by Crippen LogP contribution is -2.39. The molecule has 1 heterocycles. The van der Waals surface area contributed by atoms with Gasteiger partial charge in [-0.25, -0.2) is 8.42 Å². The predicted molar refractivity (Wildman–Crippen MR) is 117 cm³/mol. The van der Waals surface area contributed by atoms with Crippen molar-refractivity contribution in [3.05, 3.63) is 65.7 Å². The van der Waals surface area contributed by atoms with Crippen LogP contribution in [0.3, 0.4) is 0 Å². The molecule has 0 aliphatic carbocycles. The fourth-order valence-electron chi connectivity index (χ4n) is 3.89. The number of nitrogens with zero attached hydrogens (tertiary/aromatic N) is 3. The lowest BCUT2D eigenvalue weighted by molar-refractivity contribution is 0.167. The number of hydrogen-bond acceptors (Lipinski definition) is 5. The summed E-state index contributed by atoms with van der Waals surface area (Å²) >= 11 is 0. The number of rotatable bonds is 8. The zero-order valence-electron chi connectivity index (χ0n) is 17.4. The van der Waals surface area contributed by atoms with Gasteiger partial charge in [-0.05, 0) is 23.6 Å². The van der Waals surface area contributed by atoms with E-state index in [1.807, 2.05) is 73.6 Å². The van der Waals surface area contributed by atoms with Gasteiger partial charge in [-0.2, -0.15) is 4.31 Å². The summed E-state index contributed by atoms with van der Waals surface area (Å²) < 4.78 is 28.2. The van der Waals surface area contributed by atoms with Crippen molar-refractivity contribution in [2.45, 2.75) is 24.3 Å². The fraction of sp³-hybridized carbons (Fsp3) is 0.455. The molecule has 2 aromatic rings. The number of β-amino-alcohol motifs (C(OH)–C–C–N with tert-alkyl or cyclic N) is 1. The first-order chi connectivity index (χ1) is 13.8. The van der Waals surface area contributed by atoms with E-state index in [-0.39, 0.29) is 17.9 Å². The lowest BCUT2D eigenvalue weighted by Gasteiger charge is -2.31. The molecular weight excluding hydrogens is 386 g/mol. The second kappa shape index (κ2) is 9.26. The lowest BCUT2D eigenvalue weighted by atomic mass is 10.1. The Hall–Kier alpha value is -1.93. The van der Waals surface area contributed by atoms with Crippen LogP contribution in [0.25, 0.3) is 0 Å². The molecule has 0 saturated carbocycles. The molecule has 0 radical (unpaired) electrons. The SMILES string of the molecule is CN(C)c1ccccc1CS(=O)(=O)N(C)C(CN1CCC(O)C1)c1ccccc1. The zero-order chi connectivity index (χ0) is 21.0. The molecule has 2 unspecified atom stereocenters. The van der Waals surface area contributed by atoms with Crippen LogP contribution in [-0.2, 0) is 15.8 Å². The predicted octanol–water partition coefficient (Wildman–Crippen LogP) is 2.32. The summed E-state index contributed by atoms with van der Waals surface area (Å²) in [6.45, 7) is 1.93. The quantitative estimate of drug-likeness (QED) is 0.714. The fourth-order valence-corrected chi connectivity index (χ4v) is 5.31. The molecule has 158 valence electrons. The number of aliphatic hydroxyl groups excluding tert-OH is 1. The molecule has 1 N–H and O–H groups in total. The van der Waals surface area contributed by atoms with Crippen LogP contribution >= 0.6 is 0 Å². The summed E-state index contributed by atoms with van der Waals surface area (Å²) in [6, 6.07) is 17.0. The standard InChI is InChI=1S/C22H31N3O3S/c1-23(2)21-12-8-7-11-19(21)17-29(27,28)24(3)22(18-9-5-4-6-10-18)16-25-14-13-20(26)15-25/h4-12,20,22,26H,13-17H2,1-3H3. The van der Waals surface area contributed by atoms with E-state index < -0.39 is 10.0 Å². The minimum atomic E-state index is -3.55. The van der Waals surface area contributed by atoms with E-state index in [0.29, 0.717) is 13.1 Å². The summed E-state index contributed by atoms with van der Waals surface area (Å²) in [7, 11) is 1.94. The van der Waals surface area contributed by atoms with Gasteiger partial charge in [-0.15, -0.1) is 0 Å². The number of aliphatic hydroxyl groups is 1. The van der Waals surface area contributed by atoms with E-state index in [1.54, 1.807) is 7.05 Å². The van der Waals surface area contributed by atoms with Crippen molar-refractivity contribution in [1.82, 2.24) is 9.21 Å². The van der Waals surface area contributed by atoms with Crippen molar-refractivity contribution in [1.29, 1.82) is 0 Å². The topological polar surface area (TPSA) is 64.1 Å². The first-order valence-electron chi connectivity index (χ1n) is 9.94. The Kier molecular flexibility index (Phi) is 6.95. The van der Waals surface area contributed by atoms with Gasteiger partial charge >= 0.3 is 0 Å². The van der Waals surface area contributed by atoms with Crippen LogP contribution in [0.2, 0.25) is 0 Å². The Balaban J connectivity index is 1.87. The number of hydrogen-bond donors (Lipinski definition) is 1. The summed E-state index contributed by atoms with van der Waals surface area (Å²) in [5, 5.41) is 9.88. The molecule has 7 heteroatoms. The van der Waals surface area contributed by atoms with Gasteiger partial charge in [0.2, 0.25) is 10.0 Å². The van der Waals surface area contributed by atoms with E-state index >= 15 is 0 Å². The number of sulfonamides is 1. The summed E-state index contributed by atoms with van der Waals surface area (Å²) in [5.41, 5.74) is 2.65. The molecule has 1 aliphatic rings. The van der Waals surface area contributed by atoms with Crippen LogP contribution in [0.4, 0.5) is 5.69 Å². The summed E-state index contributed by atoms with van der Waals surface area (Å²) in [6.07, 6.45) is 0.397. The van der Waals surface area contributed by atoms with E-state index in [0.717, 1.165) is 29.8 Å². The van der Waals surface area contributed by atoms with Crippen molar-refractivity contribution < 1.29 is 13.5 Å². The average Bonchev–Trinajstić information content (AvgIpc) is 3.11. The minimum Gasteiger partial charge on any atom is -0.392 e. The highest BCUT2D eigenvalue weighted by molar-refractivity contribution is 7.88. The Morgan fingerprint density at radius 3 is 2.34 bits per heavy atom. The smallest absolute Gasteiger partial charge is 0.218 e. The Labute approximate surface area is 174 Å². The maximum atomic E-state index is 13.4. The molecule has 2 aromatic carbocycles. The van der Waals surface area contributed by atoms with Crippen LogP contribution in [-0.4, -0.2) is 69.6 Å².